The van der Waals surface area contributed by atoms with Gasteiger partial charge >= 0.3 is 0 Å². The molecule has 0 unspecified atom stereocenters. The molecular weight excluding hydrogens is 442 g/mol. The topological polar surface area (TPSA) is 53.2 Å². The van der Waals surface area contributed by atoms with Crippen LogP contribution in [-0.2, 0) is 9.84 Å². The molecule has 6 rings (SSSR count). The van der Waals surface area contributed by atoms with Gasteiger partial charge in [-0.15, -0.1) is 0 Å². The van der Waals surface area contributed by atoms with Gasteiger partial charge in [0.05, 0.1) is 10.4 Å². The Morgan fingerprint density at radius 1 is 1.00 bits per heavy atom. The fraction of sp³-hybridized carbons (Fsp3) is 0.231. The lowest BCUT2D eigenvalue weighted by Crippen LogP contribution is -2.33. The average molecular weight is 465 g/mol. The molecule has 3 aromatic carbocycles. The minimum Gasteiger partial charge on any atom is -0.342 e. The zero-order chi connectivity index (χ0) is 22.7. The number of nitrogens with one attached hydrogen (secondary N) is 1. The summed E-state index contributed by atoms with van der Waals surface area (Å²) in [5.41, 5.74) is 1.23. The molecule has 0 spiro atoms. The number of hydrogen-bond acceptors (Lipinski definition) is 3. The number of aromatic nitrogens is 1. The molecule has 0 aliphatic carbocycles. The first-order valence-corrected chi connectivity index (χ1v) is 12.6. The highest BCUT2D eigenvalue weighted by Gasteiger charge is 2.34. The van der Waals surface area contributed by atoms with E-state index in [9.17, 15) is 17.2 Å². The lowest BCUT2D eigenvalue weighted by atomic mass is 9.94. The molecule has 1 atom stereocenters. The van der Waals surface area contributed by atoms with Gasteiger partial charge in [-0.3, -0.25) is 4.90 Å². The molecule has 0 radical (unpaired) electrons. The van der Waals surface area contributed by atoms with Gasteiger partial charge in [0.15, 0.2) is 0 Å². The normalized spacial score (nSPS) is 19.2. The van der Waals surface area contributed by atoms with Gasteiger partial charge in [-0.25, -0.2) is 17.2 Å². The number of rotatable bonds is 3. The molecule has 3 heterocycles. The van der Waals surface area contributed by atoms with E-state index < -0.39 is 21.5 Å². The summed E-state index contributed by atoms with van der Waals surface area (Å²) in [6, 6.07) is 14.7. The van der Waals surface area contributed by atoms with E-state index in [0.717, 1.165) is 36.4 Å². The van der Waals surface area contributed by atoms with Crippen LogP contribution in [-0.4, -0.2) is 37.4 Å². The van der Waals surface area contributed by atoms with E-state index in [4.69, 9.17) is 0 Å². The molecule has 2 aliphatic rings. The third-order valence-electron chi connectivity index (χ3n) is 6.95. The maximum absolute atomic E-state index is 14.8. The molecule has 1 fully saturated rings. The summed E-state index contributed by atoms with van der Waals surface area (Å²) in [6.07, 6.45) is 4.80. The van der Waals surface area contributed by atoms with Crippen LogP contribution in [0.4, 0.5) is 8.78 Å². The molecule has 4 aromatic rings. The summed E-state index contributed by atoms with van der Waals surface area (Å²) in [7, 11) is -4.06. The van der Waals surface area contributed by atoms with Gasteiger partial charge in [-0.1, -0.05) is 42.5 Å². The van der Waals surface area contributed by atoms with Crippen molar-refractivity contribution in [3.63, 3.8) is 0 Å². The number of nitrogens with zero attached hydrogens (tertiary/aromatic N) is 1. The van der Waals surface area contributed by atoms with Crippen LogP contribution in [0.2, 0.25) is 0 Å². The number of benzene rings is 3. The Bertz CT molecular complexity index is 1550. The molecule has 2 aliphatic heterocycles. The van der Waals surface area contributed by atoms with Crippen molar-refractivity contribution in [2.24, 2.45) is 0 Å². The van der Waals surface area contributed by atoms with Crippen molar-refractivity contribution in [2.45, 2.75) is 35.2 Å². The first-order valence-electron chi connectivity index (χ1n) is 11.1. The van der Waals surface area contributed by atoms with Crippen molar-refractivity contribution in [3.8, 4) is 0 Å². The Hall–Kier alpha value is -3.03. The van der Waals surface area contributed by atoms with Crippen LogP contribution in [0.5, 0.6) is 0 Å². The smallest absolute Gasteiger partial charge is 0.223 e. The molecule has 33 heavy (non-hydrogen) atoms. The second-order valence-corrected chi connectivity index (χ2v) is 10.7. The minimum atomic E-state index is -4.06. The molecule has 7 heteroatoms. The van der Waals surface area contributed by atoms with Crippen molar-refractivity contribution >= 4 is 37.1 Å². The number of halogens is 2. The molecule has 168 valence electrons. The second kappa shape index (κ2) is 7.50. The predicted octanol–water partition coefficient (Wildman–Crippen LogP) is 5.68. The van der Waals surface area contributed by atoms with Crippen molar-refractivity contribution in [3.05, 3.63) is 77.9 Å². The van der Waals surface area contributed by atoms with Crippen LogP contribution in [0.25, 0.3) is 27.2 Å². The summed E-state index contributed by atoms with van der Waals surface area (Å²) in [5, 5.41) is 1.59. The van der Waals surface area contributed by atoms with Crippen LogP contribution in [0.15, 0.2) is 70.6 Å². The second-order valence-electron chi connectivity index (χ2n) is 8.84. The van der Waals surface area contributed by atoms with Gasteiger partial charge in [0.1, 0.15) is 16.7 Å². The van der Waals surface area contributed by atoms with Crippen LogP contribution >= 0.6 is 0 Å². The van der Waals surface area contributed by atoms with Crippen LogP contribution in [0.3, 0.4) is 0 Å². The Labute approximate surface area is 190 Å². The first-order chi connectivity index (χ1) is 15.9. The van der Waals surface area contributed by atoms with Crippen molar-refractivity contribution in [1.82, 2.24) is 9.88 Å². The summed E-state index contributed by atoms with van der Waals surface area (Å²) in [6.45, 7) is 1.73. The quantitative estimate of drug-likeness (QED) is 0.424. The number of fused-ring (bicyclic) bond motifs is 3. The Morgan fingerprint density at radius 3 is 2.70 bits per heavy atom. The highest BCUT2D eigenvalue weighted by Crippen LogP contribution is 2.41. The molecular formula is C26H22F2N2O2S. The van der Waals surface area contributed by atoms with Gasteiger partial charge in [0.25, 0.3) is 0 Å². The first kappa shape index (κ1) is 20.6. The predicted molar refractivity (Wildman–Crippen MR) is 125 cm³/mol. The van der Waals surface area contributed by atoms with E-state index in [-0.39, 0.29) is 20.8 Å². The van der Waals surface area contributed by atoms with Crippen LogP contribution in [0, 0.1) is 11.6 Å². The fourth-order valence-electron chi connectivity index (χ4n) is 5.39. The Kier molecular flexibility index (Phi) is 4.67. The van der Waals surface area contributed by atoms with Crippen molar-refractivity contribution in [2.75, 3.05) is 13.1 Å². The number of H-pyrrole nitrogens is 1. The van der Waals surface area contributed by atoms with Gasteiger partial charge in [0.2, 0.25) is 9.84 Å². The largest absolute Gasteiger partial charge is 0.342 e. The number of hydrogen-bond donors (Lipinski definition) is 1. The van der Waals surface area contributed by atoms with E-state index in [1.807, 2.05) is 24.3 Å². The molecule has 1 N–H and O–H groups in total. The molecule has 1 aromatic heterocycles. The maximum atomic E-state index is 14.8. The summed E-state index contributed by atoms with van der Waals surface area (Å²) >= 11 is 0. The zero-order valence-electron chi connectivity index (χ0n) is 17.8. The monoisotopic (exact) mass is 464 g/mol. The Balaban J connectivity index is 1.63. The van der Waals surface area contributed by atoms with Gasteiger partial charge in [-0.2, -0.15) is 0 Å². The fourth-order valence-corrected chi connectivity index (χ4v) is 7.09. The average Bonchev–Trinajstić information content (AvgIpc) is 3.43. The van der Waals surface area contributed by atoms with E-state index >= 15 is 0 Å². The lowest BCUT2D eigenvalue weighted by Gasteiger charge is -2.29. The van der Waals surface area contributed by atoms with Gasteiger partial charge in [0, 0.05) is 35.0 Å². The SMILES string of the molecule is O=S(=O)(c1[nH]c2c(F)cc(F)cc2c1C1=CCN2CCC[C@H]2C1)c1cccc2ccccc12. The lowest BCUT2D eigenvalue weighted by molar-refractivity contribution is 0.275. The molecule has 0 bridgehead atoms. The summed E-state index contributed by atoms with van der Waals surface area (Å²) in [5.74, 6) is -1.53. The van der Waals surface area contributed by atoms with Crippen LogP contribution in [0.1, 0.15) is 24.8 Å². The summed E-state index contributed by atoms with van der Waals surface area (Å²) < 4.78 is 57.1. The zero-order valence-corrected chi connectivity index (χ0v) is 18.6. The minimum absolute atomic E-state index is 0.0139. The molecule has 0 saturated carbocycles. The van der Waals surface area contributed by atoms with Crippen molar-refractivity contribution in [1.29, 1.82) is 0 Å². The highest BCUT2D eigenvalue weighted by atomic mass is 32.2. The number of sulfone groups is 1. The van der Waals surface area contributed by atoms with Crippen molar-refractivity contribution < 1.29 is 17.2 Å². The van der Waals surface area contributed by atoms with E-state index in [1.165, 1.54) is 6.07 Å². The number of aromatic amines is 1. The maximum Gasteiger partial charge on any atom is 0.223 e. The molecule has 4 nitrogen and oxygen atoms in total. The molecule has 0 amide bonds. The van der Waals surface area contributed by atoms with Crippen LogP contribution < -0.4 is 0 Å². The van der Waals surface area contributed by atoms with E-state index in [2.05, 4.69) is 9.88 Å². The van der Waals surface area contributed by atoms with Gasteiger partial charge in [-0.05, 0) is 48.9 Å². The summed E-state index contributed by atoms with van der Waals surface area (Å²) in [4.78, 5) is 5.36. The third-order valence-corrected chi connectivity index (χ3v) is 8.72. The Morgan fingerprint density at radius 2 is 1.82 bits per heavy atom. The van der Waals surface area contributed by atoms with E-state index in [1.54, 1.807) is 24.3 Å². The standard InChI is InChI=1S/C26H22F2N2O2S/c27-18-14-21-24(17-10-12-30-11-4-7-19(30)13-17)26(29-25(21)22(28)15-18)33(31,32)23-9-3-6-16-5-1-2-8-20(16)23/h1-3,5-6,8-10,14-15,19,29H,4,7,11-13H2/t19-/m0/s1. The van der Waals surface area contributed by atoms with E-state index in [0.29, 0.717) is 30.0 Å². The van der Waals surface area contributed by atoms with Gasteiger partial charge < -0.3 is 4.98 Å². The third kappa shape index (κ3) is 3.21. The highest BCUT2D eigenvalue weighted by molar-refractivity contribution is 7.91. The molecule has 1 saturated heterocycles.